The predicted molar refractivity (Wildman–Crippen MR) is 99.8 cm³/mol. The lowest BCUT2D eigenvalue weighted by Gasteiger charge is -2.35. The number of likely N-dealkylation sites (tertiary alicyclic amines) is 2. The molecule has 0 N–H and O–H groups in total. The van der Waals surface area contributed by atoms with E-state index in [1.807, 2.05) is 47.1 Å². The van der Waals surface area contributed by atoms with Gasteiger partial charge in [0.15, 0.2) is 0 Å². The number of allylic oxidation sites excluding steroid dienone is 1. The highest BCUT2D eigenvalue weighted by atomic mass is 16.2. The molecular weight excluding hydrogens is 312 g/mol. The van der Waals surface area contributed by atoms with Crippen LogP contribution in [0.3, 0.4) is 0 Å². The summed E-state index contributed by atoms with van der Waals surface area (Å²) < 4.78 is 0. The lowest BCUT2D eigenvalue weighted by atomic mass is 9.94. The van der Waals surface area contributed by atoms with Crippen molar-refractivity contribution in [2.45, 2.75) is 39.0 Å². The predicted octanol–water partition coefficient (Wildman–Crippen LogP) is 3.34. The van der Waals surface area contributed by atoms with Crippen molar-refractivity contribution in [3.63, 3.8) is 0 Å². The van der Waals surface area contributed by atoms with E-state index in [2.05, 4.69) is 0 Å². The third kappa shape index (κ3) is 4.50. The lowest BCUT2D eigenvalue weighted by Crippen LogP contribution is -2.45. The van der Waals surface area contributed by atoms with Crippen molar-refractivity contribution >= 4 is 17.4 Å². The molecule has 2 aliphatic rings. The average molecular weight is 340 g/mol. The molecule has 3 rings (SSSR count). The van der Waals surface area contributed by atoms with Crippen LogP contribution in [-0.2, 0) is 9.59 Å². The minimum absolute atomic E-state index is 0.0604. The lowest BCUT2D eigenvalue weighted by molar-refractivity contribution is -0.140. The molecule has 1 aromatic carbocycles. The molecular formula is C21H28N2O2. The zero-order valence-corrected chi connectivity index (χ0v) is 15.1. The molecule has 0 aliphatic carbocycles. The SMILES string of the molecule is C/C(=C\C(=O)N1CCC(C(=O)N2CCCCC2)CC1)c1ccccc1. The smallest absolute Gasteiger partial charge is 0.246 e. The highest BCUT2D eigenvalue weighted by Crippen LogP contribution is 2.23. The average Bonchev–Trinajstić information content (AvgIpc) is 2.69. The van der Waals surface area contributed by atoms with Gasteiger partial charge in [-0.05, 0) is 50.2 Å². The van der Waals surface area contributed by atoms with Crippen LogP contribution < -0.4 is 0 Å². The van der Waals surface area contributed by atoms with Crippen LogP contribution in [-0.4, -0.2) is 47.8 Å². The van der Waals surface area contributed by atoms with Gasteiger partial charge < -0.3 is 9.80 Å². The molecule has 1 aromatic rings. The minimum Gasteiger partial charge on any atom is -0.342 e. The molecule has 134 valence electrons. The third-order valence-electron chi connectivity index (χ3n) is 5.39. The molecule has 2 amide bonds. The summed E-state index contributed by atoms with van der Waals surface area (Å²) in [7, 11) is 0. The Morgan fingerprint density at radius 1 is 0.920 bits per heavy atom. The fourth-order valence-corrected chi connectivity index (χ4v) is 3.78. The first-order valence-corrected chi connectivity index (χ1v) is 9.46. The van der Waals surface area contributed by atoms with Crippen molar-refractivity contribution in [2.24, 2.45) is 5.92 Å². The van der Waals surface area contributed by atoms with Gasteiger partial charge in [0.25, 0.3) is 0 Å². The number of carbonyl (C=O) groups excluding carboxylic acids is 2. The van der Waals surface area contributed by atoms with Crippen LogP contribution in [0.5, 0.6) is 0 Å². The van der Waals surface area contributed by atoms with Crippen LogP contribution in [0, 0.1) is 5.92 Å². The number of benzene rings is 1. The molecule has 25 heavy (non-hydrogen) atoms. The molecule has 0 aromatic heterocycles. The molecule has 4 heteroatoms. The molecule has 0 atom stereocenters. The molecule has 0 saturated carbocycles. The quantitative estimate of drug-likeness (QED) is 0.792. The van der Waals surface area contributed by atoms with E-state index < -0.39 is 0 Å². The summed E-state index contributed by atoms with van der Waals surface area (Å²) in [5.41, 5.74) is 2.06. The highest BCUT2D eigenvalue weighted by molar-refractivity contribution is 5.95. The summed E-state index contributed by atoms with van der Waals surface area (Å²) in [6.07, 6.45) is 6.81. The molecule has 0 radical (unpaired) electrons. The first-order chi connectivity index (χ1) is 12.1. The van der Waals surface area contributed by atoms with Crippen LogP contribution >= 0.6 is 0 Å². The molecule has 4 nitrogen and oxygen atoms in total. The summed E-state index contributed by atoms with van der Waals surface area (Å²) >= 11 is 0. The van der Waals surface area contributed by atoms with Gasteiger partial charge in [0.1, 0.15) is 0 Å². The maximum Gasteiger partial charge on any atom is 0.246 e. The maximum absolute atomic E-state index is 12.6. The van der Waals surface area contributed by atoms with Crippen molar-refractivity contribution in [3.05, 3.63) is 42.0 Å². The van der Waals surface area contributed by atoms with Gasteiger partial charge in [-0.25, -0.2) is 0 Å². The Morgan fingerprint density at radius 2 is 1.56 bits per heavy atom. The molecule has 0 bridgehead atoms. The Bertz CT molecular complexity index is 625. The van der Waals surface area contributed by atoms with E-state index in [1.54, 1.807) is 6.08 Å². The molecule has 2 heterocycles. The standard InChI is InChI=1S/C21H28N2O2/c1-17(18-8-4-2-5-9-18)16-20(24)22-14-10-19(11-15-22)21(25)23-12-6-3-7-13-23/h2,4-5,8-9,16,19H,3,6-7,10-15H2,1H3/b17-16+. The van der Waals surface area contributed by atoms with E-state index in [0.29, 0.717) is 19.0 Å². The van der Waals surface area contributed by atoms with Crippen molar-refractivity contribution in [2.75, 3.05) is 26.2 Å². The largest absolute Gasteiger partial charge is 0.342 e. The topological polar surface area (TPSA) is 40.6 Å². The summed E-state index contributed by atoms with van der Waals surface area (Å²) in [6, 6.07) is 9.97. The summed E-state index contributed by atoms with van der Waals surface area (Å²) in [6.45, 7) is 5.16. The highest BCUT2D eigenvalue weighted by Gasteiger charge is 2.30. The van der Waals surface area contributed by atoms with Gasteiger partial charge >= 0.3 is 0 Å². The molecule has 0 unspecified atom stereocenters. The first kappa shape index (κ1) is 17.7. The van der Waals surface area contributed by atoms with E-state index in [4.69, 9.17) is 0 Å². The number of carbonyl (C=O) groups is 2. The molecule has 2 aliphatic heterocycles. The third-order valence-corrected chi connectivity index (χ3v) is 5.39. The van der Waals surface area contributed by atoms with Crippen molar-refractivity contribution < 1.29 is 9.59 Å². The van der Waals surface area contributed by atoms with Crippen LogP contribution in [0.25, 0.3) is 5.57 Å². The maximum atomic E-state index is 12.6. The number of hydrogen-bond acceptors (Lipinski definition) is 2. The van der Waals surface area contributed by atoms with E-state index >= 15 is 0 Å². The Labute approximate surface area is 150 Å². The van der Waals surface area contributed by atoms with Gasteiger partial charge in [-0.2, -0.15) is 0 Å². The van der Waals surface area contributed by atoms with Crippen molar-refractivity contribution in [1.29, 1.82) is 0 Å². The van der Waals surface area contributed by atoms with Gasteiger partial charge in [0, 0.05) is 38.2 Å². The van der Waals surface area contributed by atoms with Crippen molar-refractivity contribution in [1.82, 2.24) is 9.80 Å². The number of hydrogen-bond donors (Lipinski definition) is 0. The van der Waals surface area contributed by atoms with E-state index in [9.17, 15) is 9.59 Å². The summed E-state index contributed by atoms with van der Waals surface area (Å²) in [5.74, 6) is 0.467. The zero-order chi connectivity index (χ0) is 17.6. The van der Waals surface area contributed by atoms with Crippen LogP contribution in [0.1, 0.15) is 44.6 Å². The summed E-state index contributed by atoms with van der Waals surface area (Å²) in [5, 5.41) is 0. The fourth-order valence-electron chi connectivity index (χ4n) is 3.78. The van der Waals surface area contributed by atoms with Crippen molar-refractivity contribution in [3.8, 4) is 0 Å². The Hall–Kier alpha value is -2.10. The second kappa shape index (κ2) is 8.32. The Kier molecular flexibility index (Phi) is 5.90. The van der Waals surface area contributed by atoms with Crippen LogP contribution in [0.15, 0.2) is 36.4 Å². The molecule has 2 fully saturated rings. The monoisotopic (exact) mass is 340 g/mol. The van der Waals surface area contributed by atoms with E-state index in [1.165, 1.54) is 6.42 Å². The van der Waals surface area contributed by atoms with Gasteiger partial charge in [-0.1, -0.05) is 30.3 Å². The second-order valence-corrected chi connectivity index (χ2v) is 7.18. The molecule has 0 spiro atoms. The van der Waals surface area contributed by atoms with Crippen LogP contribution in [0.2, 0.25) is 0 Å². The number of rotatable bonds is 3. The van der Waals surface area contributed by atoms with E-state index in [0.717, 1.165) is 49.9 Å². The van der Waals surface area contributed by atoms with Gasteiger partial charge in [0.2, 0.25) is 11.8 Å². The molecule has 2 saturated heterocycles. The number of amides is 2. The second-order valence-electron chi connectivity index (χ2n) is 7.18. The Morgan fingerprint density at radius 3 is 2.20 bits per heavy atom. The Balaban J connectivity index is 1.53. The van der Waals surface area contributed by atoms with Gasteiger partial charge in [-0.3, -0.25) is 9.59 Å². The van der Waals surface area contributed by atoms with E-state index in [-0.39, 0.29) is 11.8 Å². The fraction of sp³-hybridized carbons (Fsp3) is 0.524. The normalized spacial score (nSPS) is 19.8. The van der Waals surface area contributed by atoms with Gasteiger partial charge in [-0.15, -0.1) is 0 Å². The van der Waals surface area contributed by atoms with Gasteiger partial charge in [0.05, 0.1) is 0 Å². The summed E-state index contributed by atoms with van der Waals surface area (Å²) in [4.78, 5) is 29.0. The number of piperidine rings is 2. The minimum atomic E-state index is 0.0604. The van der Waals surface area contributed by atoms with Crippen LogP contribution in [0.4, 0.5) is 0 Å². The number of nitrogens with zero attached hydrogens (tertiary/aromatic N) is 2. The zero-order valence-electron chi connectivity index (χ0n) is 15.1. The first-order valence-electron chi connectivity index (χ1n) is 9.46.